The lowest BCUT2D eigenvalue weighted by Crippen LogP contribution is -2.42. The van der Waals surface area contributed by atoms with Crippen molar-refractivity contribution < 1.29 is 59.3 Å². The predicted octanol–water partition coefficient (Wildman–Crippen LogP) is 4.53. The molecule has 1 spiro atoms. The van der Waals surface area contributed by atoms with Gasteiger partial charge in [0.25, 0.3) is 0 Å². The molecular formula is C35H30O12. The summed E-state index contributed by atoms with van der Waals surface area (Å²) in [6.45, 7) is 4.94. The number of aryl methyl sites for hydroxylation is 1. The van der Waals surface area contributed by atoms with Gasteiger partial charge in [0.15, 0.2) is 5.78 Å². The van der Waals surface area contributed by atoms with Gasteiger partial charge in [-0.15, -0.1) is 0 Å². The number of phenols is 5. The molecule has 0 heterocycles. The van der Waals surface area contributed by atoms with Gasteiger partial charge in [0.05, 0.1) is 41.1 Å². The fourth-order valence-corrected chi connectivity index (χ4v) is 6.93. The summed E-state index contributed by atoms with van der Waals surface area (Å²) in [6, 6.07) is 6.05. The highest BCUT2D eigenvalue weighted by Crippen LogP contribution is 2.62. The molecule has 3 aromatic rings. The normalized spacial score (nSPS) is 20.7. The predicted molar refractivity (Wildman–Crippen MR) is 163 cm³/mol. The number of aromatic hydroxyl groups is 5. The van der Waals surface area contributed by atoms with Gasteiger partial charge < -0.3 is 40.1 Å². The SMILES string of the molecule is COC(=O)c1c(O)ccc(O)c1C(=O)c1c(O)cc2c(c1O)[C@H]1C=C[C@]3(C2)C(=C(O)c2c(O)cc(C)cc2[C@@H]3OC(=O)C(C)C)C1=O. The third-order valence-corrected chi connectivity index (χ3v) is 9.01. The van der Waals surface area contributed by atoms with Crippen LogP contribution in [-0.4, -0.2) is 61.3 Å². The van der Waals surface area contributed by atoms with E-state index in [0.29, 0.717) is 5.56 Å². The molecule has 4 aliphatic carbocycles. The standard InChI is InChI=1S/C35H30O12/c1-13(2)33(44)47-32-17-9-14(3)10-20(38)23(17)31(43)27-28(40)16-7-8-35(27,32)12-15-11-21(39)26(29(41)22(15)16)30(42)24-18(36)5-6-19(37)25(24)34(45)46-4/h5-11,13,16,32,36-39,41,43H,12H2,1-4H3/t16-,32+,35+/m1/s1. The number of fused-ring (bicyclic) bond motifs is 1. The number of aliphatic hydroxyl groups is 1. The Balaban J connectivity index is 1.61. The highest BCUT2D eigenvalue weighted by molar-refractivity contribution is 6.20. The van der Waals surface area contributed by atoms with E-state index in [1.807, 2.05) is 0 Å². The summed E-state index contributed by atoms with van der Waals surface area (Å²) in [6.07, 6.45) is 1.57. The van der Waals surface area contributed by atoms with Crippen LogP contribution in [-0.2, 0) is 25.5 Å². The van der Waals surface area contributed by atoms with Crippen molar-refractivity contribution in [2.24, 2.45) is 11.3 Å². The van der Waals surface area contributed by atoms with E-state index in [4.69, 9.17) is 4.74 Å². The van der Waals surface area contributed by atoms with Crippen molar-refractivity contribution in [3.63, 3.8) is 0 Å². The highest BCUT2D eigenvalue weighted by Gasteiger charge is 2.58. The number of aliphatic hydroxyl groups excluding tert-OH is 1. The Bertz CT molecular complexity index is 2020. The lowest BCUT2D eigenvalue weighted by atomic mass is 9.61. The number of Topliss-reactive ketones (excluding diaryl/α,β-unsaturated/α-hetero) is 1. The maximum Gasteiger partial charge on any atom is 0.342 e. The number of ketones is 2. The van der Waals surface area contributed by atoms with Crippen LogP contribution >= 0.6 is 0 Å². The van der Waals surface area contributed by atoms with Crippen LogP contribution in [0.4, 0.5) is 0 Å². The van der Waals surface area contributed by atoms with Gasteiger partial charge in [0.1, 0.15) is 51.7 Å². The summed E-state index contributed by atoms with van der Waals surface area (Å²) >= 11 is 0. The largest absolute Gasteiger partial charge is 0.507 e. The molecular weight excluding hydrogens is 612 g/mol. The van der Waals surface area contributed by atoms with Crippen LogP contribution in [0.3, 0.4) is 0 Å². The molecule has 0 aliphatic heterocycles. The Labute approximate surface area is 267 Å². The van der Waals surface area contributed by atoms with E-state index in [1.54, 1.807) is 32.9 Å². The first-order chi connectivity index (χ1) is 22.1. The van der Waals surface area contributed by atoms with Crippen LogP contribution in [0.25, 0.3) is 5.76 Å². The number of hydrogen-bond donors (Lipinski definition) is 6. The topological polar surface area (TPSA) is 208 Å². The first kappa shape index (κ1) is 31.2. The molecule has 4 aliphatic rings. The van der Waals surface area contributed by atoms with Crippen LogP contribution < -0.4 is 0 Å². The van der Waals surface area contributed by atoms with Gasteiger partial charge in [-0.2, -0.15) is 0 Å². The zero-order chi connectivity index (χ0) is 34.3. The number of ether oxygens (including phenoxy) is 2. The summed E-state index contributed by atoms with van der Waals surface area (Å²) in [5.41, 5.74) is -3.23. The molecule has 3 aromatic carbocycles. The Morgan fingerprint density at radius 1 is 0.894 bits per heavy atom. The number of hydrogen-bond acceptors (Lipinski definition) is 12. The van der Waals surface area contributed by atoms with Gasteiger partial charge in [-0.25, -0.2) is 4.79 Å². The minimum atomic E-state index is -1.56. The zero-order valence-corrected chi connectivity index (χ0v) is 25.6. The molecule has 0 saturated carbocycles. The Morgan fingerprint density at radius 3 is 2.19 bits per heavy atom. The van der Waals surface area contributed by atoms with E-state index in [1.165, 1.54) is 12.1 Å². The number of phenolic OH excluding ortho intramolecular Hbond substituents is 5. The van der Waals surface area contributed by atoms with Crippen molar-refractivity contribution in [2.45, 2.75) is 39.2 Å². The van der Waals surface area contributed by atoms with Gasteiger partial charge >= 0.3 is 11.9 Å². The molecule has 0 radical (unpaired) electrons. The second-order valence-corrected chi connectivity index (χ2v) is 12.2. The maximum atomic E-state index is 14.3. The van der Waals surface area contributed by atoms with Gasteiger partial charge in [0.2, 0.25) is 5.78 Å². The van der Waals surface area contributed by atoms with Crippen LogP contribution in [0, 0.1) is 18.3 Å². The highest BCUT2D eigenvalue weighted by atomic mass is 16.5. The molecule has 12 nitrogen and oxygen atoms in total. The molecule has 47 heavy (non-hydrogen) atoms. The summed E-state index contributed by atoms with van der Waals surface area (Å²) < 4.78 is 10.7. The van der Waals surface area contributed by atoms with Crippen LogP contribution in [0.15, 0.2) is 48.1 Å². The first-order valence-electron chi connectivity index (χ1n) is 14.6. The average Bonchev–Trinajstić information content (AvgIpc) is 3.22. The third-order valence-electron chi connectivity index (χ3n) is 9.01. The molecule has 3 atom stereocenters. The number of benzene rings is 3. The summed E-state index contributed by atoms with van der Waals surface area (Å²) in [5, 5.41) is 66.3. The molecule has 0 aromatic heterocycles. The first-order valence-corrected chi connectivity index (χ1v) is 14.6. The molecule has 12 heteroatoms. The van der Waals surface area contributed by atoms with Crippen molar-refractivity contribution in [1.29, 1.82) is 0 Å². The lowest BCUT2D eigenvalue weighted by Gasteiger charge is -2.44. The molecule has 6 N–H and O–H groups in total. The minimum absolute atomic E-state index is 0.0891. The Kier molecular flexibility index (Phi) is 7.07. The molecule has 0 saturated heterocycles. The summed E-state index contributed by atoms with van der Waals surface area (Å²) in [7, 11) is 0.986. The van der Waals surface area contributed by atoms with E-state index in [2.05, 4.69) is 4.74 Å². The fourth-order valence-electron chi connectivity index (χ4n) is 6.93. The zero-order valence-electron chi connectivity index (χ0n) is 25.6. The Hall–Kier alpha value is -5.78. The van der Waals surface area contributed by atoms with E-state index >= 15 is 0 Å². The monoisotopic (exact) mass is 642 g/mol. The molecule has 2 bridgehead atoms. The van der Waals surface area contributed by atoms with Gasteiger partial charge in [0, 0.05) is 11.1 Å². The number of esters is 2. The van der Waals surface area contributed by atoms with Crippen LogP contribution in [0.2, 0.25) is 0 Å². The van der Waals surface area contributed by atoms with Crippen LogP contribution in [0.1, 0.15) is 80.0 Å². The lowest BCUT2D eigenvalue weighted by molar-refractivity contribution is -0.158. The van der Waals surface area contributed by atoms with Crippen molar-refractivity contribution >= 4 is 29.3 Å². The third kappa shape index (κ3) is 4.35. The van der Waals surface area contributed by atoms with Crippen molar-refractivity contribution in [2.75, 3.05) is 7.11 Å². The molecule has 0 unspecified atom stereocenters. The van der Waals surface area contributed by atoms with E-state index in [9.17, 15) is 49.8 Å². The second-order valence-electron chi connectivity index (χ2n) is 12.2. The molecule has 7 rings (SSSR count). The number of carbonyl (C=O) groups is 4. The Morgan fingerprint density at radius 2 is 1.55 bits per heavy atom. The van der Waals surface area contributed by atoms with Gasteiger partial charge in [-0.05, 0) is 48.7 Å². The van der Waals surface area contributed by atoms with Crippen molar-refractivity contribution in [1.82, 2.24) is 0 Å². The average molecular weight is 643 g/mol. The number of methoxy groups -OCH3 is 1. The van der Waals surface area contributed by atoms with E-state index < -0.39 is 92.3 Å². The fraction of sp³-hybridized carbons (Fsp3) is 0.257. The molecule has 0 amide bonds. The molecule has 242 valence electrons. The van der Waals surface area contributed by atoms with E-state index in [0.717, 1.165) is 25.3 Å². The van der Waals surface area contributed by atoms with Crippen LogP contribution in [0.5, 0.6) is 28.7 Å². The number of rotatable bonds is 5. The van der Waals surface area contributed by atoms with Crippen molar-refractivity contribution in [3.05, 3.63) is 92.6 Å². The minimum Gasteiger partial charge on any atom is -0.507 e. The quantitative estimate of drug-likeness (QED) is 0.0982. The van der Waals surface area contributed by atoms with Gasteiger partial charge in [-0.1, -0.05) is 32.1 Å². The summed E-state index contributed by atoms with van der Waals surface area (Å²) in [4.78, 5) is 53.8. The smallest absolute Gasteiger partial charge is 0.342 e. The maximum absolute atomic E-state index is 14.3. The number of allylic oxidation sites excluding steroid dienone is 1. The second kappa shape index (κ2) is 10.6. The summed E-state index contributed by atoms with van der Waals surface area (Å²) in [5.74, 6) is -9.71. The van der Waals surface area contributed by atoms with E-state index in [-0.39, 0.29) is 40.0 Å². The van der Waals surface area contributed by atoms with Gasteiger partial charge in [-0.3, -0.25) is 14.4 Å². The molecule has 0 fully saturated rings. The number of carbonyl (C=O) groups excluding carboxylic acids is 4. The van der Waals surface area contributed by atoms with Crippen molar-refractivity contribution in [3.8, 4) is 28.7 Å².